The Morgan fingerprint density at radius 1 is 1.35 bits per heavy atom. The van der Waals surface area contributed by atoms with Crippen molar-refractivity contribution in [3.8, 4) is 0 Å². The summed E-state index contributed by atoms with van der Waals surface area (Å²) in [6.07, 6.45) is 2.91. The van der Waals surface area contributed by atoms with Crippen molar-refractivity contribution in [2.75, 3.05) is 5.43 Å². The molecule has 3 aromatic rings. The van der Waals surface area contributed by atoms with E-state index >= 15 is 0 Å². The second-order valence-corrected chi connectivity index (χ2v) is 4.61. The molecule has 1 amide bonds. The van der Waals surface area contributed by atoms with E-state index in [4.69, 9.17) is 0 Å². The van der Waals surface area contributed by atoms with Gasteiger partial charge in [-0.05, 0) is 6.07 Å². The molecule has 0 aliphatic heterocycles. The SMILES string of the molecule is Cn1ncc2c(NNC(=O)c3cccc([N+](=O)[O-])c3)ncnc21. The highest BCUT2D eigenvalue weighted by Gasteiger charge is 2.12. The number of hydrogen-bond acceptors (Lipinski definition) is 7. The second kappa shape index (κ2) is 5.67. The summed E-state index contributed by atoms with van der Waals surface area (Å²) in [7, 11) is 1.74. The maximum atomic E-state index is 12.1. The molecule has 1 aromatic carbocycles. The zero-order valence-corrected chi connectivity index (χ0v) is 11.9. The quantitative estimate of drug-likeness (QED) is 0.543. The highest BCUT2D eigenvalue weighted by atomic mass is 16.6. The minimum Gasteiger partial charge on any atom is -0.281 e. The largest absolute Gasteiger partial charge is 0.281 e. The van der Waals surface area contributed by atoms with Crippen LogP contribution in [-0.4, -0.2) is 30.6 Å². The normalized spacial score (nSPS) is 10.5. The van der Waals surface area contributed by atoms with E-state index in [1.807, 2.05) is 0 Å². The first-order valence-electron chi connectivity index (χ1n) is 6.50. The van der Waals surface area contributed by atoms with Gasteiger partial charge >= 0.3 is 0 Å². The number of hydrogen-bond donors (Lipinski definition) is 2. The molecule has 0 spiro atoms. The fourth-order valence-electron chi connectivity index (χ4n) is 2.01. The molecule has 0 bridgehead atoms. The smallest absolute Gasteiger partial charge is 0.270 e. The van der Waals surface area contributed by atoms with Gasteiger partial charge in [-0.1, -0.05) is 6.07 Å². The molecule has 10 nitrogen and oxygen atoms in total. The predicted molar refractivity (Wildman–Crippen MR) is 80.5 cm³/mol. The molecule has 0 atom stereocenters. The van der Waals surface area contributed by atoms with Crippen molar-refractivity contribution in [2.45, 2.75) is 0 Å². The Hall–Kier alpha value is -3.56. The molecule has 2 aromatic heterocycles. The molecule has 0 fully saturated rings. The average molecular weight is 313 g/mol. The van der Waals surface area contributed by atoms with Gasteiger partial charge in [0.1, 0.15) is 6.33 Å². The maximum Gasteiger partial charge on any atom is 0.270 e. The van der Waals surface area contributed by atoms with Gasteiger partial charge in [0.15, 0.2) is 11.5 Å². The number of carbonyl (C=O) groups is 1. The van der Waals surface area contributed by atoms with Crippen molar-refractivity contribution < 1.29 is 9.72 Å². The highest BCUT2D eigenvalue weighted by molar-refractivity contribution is 5.96. The van der Waals surface area contributed by atoms with Crippen molar-refractivity contribution in [3.63, 3.8) is 0 Å². The Kier molecular flexibility index (Phi) is 3.55. The van der Waals surface area contributed by atoms with Gasteiger partial charge < -0.3 is 0 Å². The topological polar surface area (TPSA) is 128 Å². The fourth-order valence-corrected chi connectivity index (χ4v) is 2.01. The standard InChI is InChI=1S/C13H11N7O3/c1-19-12-10(6-16-19)11(14-7-15-12)17-18-13(21)8-3-2-4-9(5-8)20(22)23/h2-7H,1H3,(H,18,21)(H,14,15,17). The lowest BCUT2D eigenvalue weighted by Gasteiger charge is -2.08. The van der Waals surface area contributed by atoms with Crippen molar-refractivity contribution in [3.05, 3.63) is 52.5 Å². The summed E-state index contributed by atoms with van der Waals surface area (Å²) in [6, 6.07) is 5.42. The maximum absolute atomic E-state index is 12.1. The predicted octanol–water partition coefficient (Wildman–Crippen LogP) is 1.03. The Bertz CT molecular complexity index is 905. The number of fused-ring (bicyclic) bond motifs is 1. The lowest BCUT2D eigenvalue weighted by Crippen LogP contribution is -2.29. The number of anilines is 1. The van der Waals surface area contributed by atoms with Gasteiger partial charge in [0.25, 0.3) is 11.6 Å². The molecule has 0 unspecified atom stereocenters. The van der Waals surface area contributed by atoms with Gasteiger partial charge in [-0.2, -0.15) is 5.10 Å². The first kappa shape index (κ1) is 14.4. The minimum absolute atomic E-state index is 0.156. The summed E-state index contributed by atoms with van der Waals surface area (Å²) < 4.78 is 1.57. The molecule has 0 radical (unpaired) electrons. The summed E-state index contributed by atoms with van der Waals surface area (Å²) in [5.41, 5.74) is 5.72. The Morgan fingerprint density at radius 2 is 2.17 bits per heavy atom. The number of rotatable bonds is 4. The summed E-state index contributed by atoms with van der Waals surface area (Å²) in [4.78, 5) is 30.4. The van der Waals surface area contributed by atoms with Gasteiger partial charge in [-0.3, -0.25) is 30.4 Å². The van der Waals surface area contributed by atoms with Crippen LogP contribution >= 0.6 is 0 Å². The van der Waals surface area contributed by atoms with Gasteiger partial charge in [0.2, 0.25) is 0 Å². The van der Waals surface area contributed by atoms with Crippen LogP contribution in [0.3, 0.4) is 0 Å². The number of benzene rings is 1. The number of carbonyl (C=O) groups excluding carboxylic acids is 1. The summed E-state index contributed by atoms with van der Waals surface area (Å²) in [5.74, 6) is -0.147. The van der Waals surface area contributed by atoms with Crippen LogP contribution in [0.2, 0.25) is 0 Å². The van der Waals surface area contributed by atoms with E-state index in [1.54, 1.807) is 17.9 Å². The average Bonchev–Trinajstić information content (AvgIpc) is 2.95. The van der Waals surface area contributed by atoms with E-state index in [0.717, 1.165) is 0 Å². The van der Waals surface area contributed by atoms with Crippen LogP contribution < -0.4 is 10.9 Å². The number of aromatic nitrogens is 4. The highest BCUT2D eigenvalue weighted by Crippen LogP contribution is 2.17. The molecule has 0 aliphatic rings. The molecule has 23 heavy (non-hydrogen) atoms. The number of nitro groups is 1. The third-order valence-corrected chi connectivity index (χ3v) is 3.14. The van der Waals surface area contributed by atoms with Crippen molar-refractivity contribution >= 4 is 28.4 Å². The van der Waals surface area contributed by atoms with Gasteiger partial charge in [-0.25, -0.2) is 9.97 Å². The van der Waals surface area contributed by atoms with Crippen LogP contribution in [0.1, 0.15) is 10.4 Å². The van der Waals surface area contributed by atoms with Crippen LogP contribution in [-0.2, 0) is 7.05 Å². The molecule has 116 valence electrons. The van der Waals surface area contributed by atoms with Crippen LogP contribution in [0, 0.1) is 10.1 Å². The van der Waals surface area contributed by atoms with E-state index in [9.17, 15) is 14.9 Å². The molecule has 2 heterocycles. The lowest BCUT2D eigenvalue weighted by atomic mass is 10.2. The van der Waals surface area contributed by atoms with Crippen LogP contribution in [0.15, 0.2) is 36.8 Å². The minimum atomic E-state index is -0.562. The molecule has 0 saturated heterocycles. The van der Waals surface area contributed by atoms with Crippen LogP contribution in [0.4, 0.5) is 11.5 Å². The Labute approximate surface area is 129 Å². The third-order valence-electron chi connectivity index (χ3n) is 3.14. The number of hydrazine groups is 1. The monoisotopic (exact) mass is 313 g/mol. The molecular weight excluding hydrogens is 302 g/mol. The summed E-state index contributed by atoms with van der Waals surface area (Å²) in [6.45, 7) is 0. The number of nitro benzene ring substituents is 1. The summed E-state index contributed by atoms with van der Waals surface area (Å²) >= 11 is 0. The molecule has 0 saturated carbocycles. The van der Waals surface area contributed by atoms with E-state index in [2.05, 4.69) is 25.9 Å². The zero-order valence-electron chi connectivity index (χ0n) is 11.9. The molecular formula is C13H11N7O3. The van der Waals surface area contributed by atoms with Gasteiger partial charge in [0.05, 0.1) is 16.5 Å². The summed E-state index contributed by atoms with van der Waals surface area (Å²) in [5, 5.41) is 15.4. The zero-order chi connectivity index (χ0) is 16.4. The second-order valence-electron chi connectivity index (χ2n) is 4.61. The van der Waals surface area contributed by atoms with Crippen molar-refractivity contribution in [1.82, 2.24) is 25.2 Å². The number of non-ortho nitro benzene ring substituents is 1. The number of aryl methyl sites for hydroxylation is 1. The number of amides is 1. The molecule has 3 rings (SSSR count). The van der Waals surface area contributed by atoms with E-state index < -0.39 is 10.8 Å². The number of nitrogens with one attached hydrogen (secondary N) is 2. The number of nitrogens with zero attached hydrogens (tertiary/aromatic N) is 5. The van der Waals surface area contributed by atoms with Gasteiger partial charge in [-0.15, -0.1) is 0 Å². The van der Waals surface area contributed by atoms with Crippen LogP contribution in [0.5, 0.6) is 0 Å². The molecule has 2 N–H and O–H groups in total. The fraction of sp³-hybridized carbons (Fsp3) is 0.0769. The van der Waals surface area contributed by atoms with Crippen LogP contribution in [0.25, 0.3) is 11.0 Å². The van der Waals surface area contributed by atoms with Gasteiger partial charge in [0, 0.05) is 24.7 Å². The third kappa shape index (κ3) is 2.77. The van der Waals surface area contributed by atoms with Crippen molar-refractivity contribution in [2.24, 2.45) is 7.05 Å². The first-order valence-corrected chi connectivity index (χ1v) is 6.50. The van der Waals surface area contributed by atoms with E-state index in [0.29, 0.717) is 16.9 Å². The first-order chi connectivity index (χ1) is 11.1. The Balaban J connectivity index is 1.78. The van der Waals surface area contributed by atoms with Crippen molar-refractivity contribution in [1.29, 1.82) is 0 Å². The molecule has 10 heteroatoms. The lowest BCUT2D eigenvalue weighted by molar-refractivity contribution is -0.384. The van der Waals surface area contributed by atoms with E-state index in [-0.39, 0.29) is 11.3 Å². The van der Waals surface area contributed by atoms with E-state index in [1.165, 1.54) is 30.6 Å². The molecule has 0 aliphatic carbocycles. The Morgan fingerprint density at radius 3 is 2.96 bits per heavy atom.